The summed E-state index contributed by atoms with van der Waals surface area (Å²) in [5, 5.41) is 0. The lowest BCUT2D eigenvalue weighted by atomic mass is 9.98. The maximum Gasteiger partial charge on any atom is 0.420 e. The Labute approximate surface area is 122 Å². The van der Waals surface area contributed by atoms with Crippen LogP contribution in [0, 0.1) is 0 Å². The van der Waals surface area contributed by atoms with Gasteiger partial charge in [-0.05, 0) is 37.8 Å². The molecule has 1 unspecified atom stereocenters. The second-order valence-corrected chi connectivity index (χ2v) is 6.37. The second-order valence-electron chi connectivity index (χ2n) is 6.37. The van der Waals surface area contributed by atoms with Crippen molar-refractivity contribution in [2.24, 2.45) is 0 Å². The average Bonchev–Trinajstić information content (AvgIpc) is 3.14. The summed E-state index contributed by atoms with van der Waals surface area (Å²) in [4.78, 5) is 12.1. The van der Waals surface area contributed by atoms with Gasteiger partial charge in [0, 0.05) is 11.8 Å². The fraction of sp³-hybridized carbons (Fsp3) is 0.562. The maximum atomic E-state index is 12.1. The molecule has 1 aliphatic heterocycles. The number of rotatable bonds is 2. The van der Waals surface area contributed by atoms with E-state index >= 15 is 0 Å². The molecule has 2 aromatic rings. The molecule has 1 saturated carbocycles. The van der Waals surface area contributed by atoms with Crippen LogP contribution < -0.4 is 11.5 Å². The summed E-state index contributed by atoms with van der Waals surface area (Å²) in [6.07, 6.45) is 7.12. The van der Waals surface area contributed by atoms with E-state index < -0.39 is 0 Å². The number of nitrogens with two attached hydrogens (primary N) is 1. The van der Waals surface area contributed by atoms with E-state index in [0.29, 0.717) is 17.8 Å². The molecule has 1 saturated heterocycles. The zero-order valence-corrected chi connectivity index (χ0v) is 12.0. The number of ether oxygens (including phenoxy) is 1. The molecule has 5 nitrogen and oxygen atoms in total. The molecule has 1 aromatic carbocycles. The Bertz CT molecular complexity index is 725. The third kappa shape index (κ3) is 2.16. The van der Waals surface area contributed by atoms with Gasteiger partial charge in [-0.15, -0.1) is 0 Å². The van der Waals surface area contributed by atoms with Gasteiger partial charge in [-0.1, -0.05) is 12.8 Å². The Balaban J connectivity index is 1.60. The third-order valence-corrected chi connectivity index (χ3v) is 4.93. The van der Waals surface area contributed by atoms with E-state index in [4.69, 9.17) is 14.9 Å². The number of anilines is 1. The molecule has 1 aliphatic carbocycles. The van der Waals surface area contributed by atoms with Crippen LogP contribution >= 0.6 is 0 Å². The van der Waals surface area contributed by atoms with Crippen LogP contribution in [0.3, 0.4) is 0 Å². The fourth-order valence-corrected chi connectivity index (χ4v) is 3.87. The van der Waals surface area contributed by atoms with Crippen LogP contribution in [0.1, 0.15) is 38.5 Å². The van der Waals surface area contributed by atoms with E-state index in [-0.39, 0.29) is 17.5 Å². The molecule has 2 aliphatic rings. The zero-order valence-electron chi connectivity index (χ0n) is 12.0. The summed E-state index contributed by atoms with van der Waals surface area (Å²) < 4.78 is 13.2. The highest BCUT2D eigenvalue weighted by atomic mass is 16.5. The largest absolute Gasteiger partial charge is 0.420 e. The monoisotopic (exact) mass is 288 g/mol. The number of hydrogen-bond acceptors (Lipinski definition) is 4. The molecule has 2 N–H and O–H groups in total. The van der Waals surface area contributed by atoms with Crippen LogP contribution in [0.15, 0.2) is 27.4 Å². The molecule has 0 radical (unpaired) electrons. The van der Waals surface area contributed by atoms with Crippen LogP contribution in [0.2, 0.25) is 0 Å². The van der Waals surface area contributed by atoms with Gasteiger partial charge in [0.2, 0.25) is 0 Å². The summed E-state index contributed by atoms with van der Waals surface area (Å²) in [5.41, 5.74) is 7.77. The van der Waals surface area contributed by atoms with Gasteiger partial charge in [-0.25, -0.2) is 4.79 Å². The minimum Gasteiger partial charge on any atom is -0.408 e. The molecule has 1 aromatic heterocycles. The van der Waals surface area contributed by atoms with E-state index in [1.807, 2.05) is 6.07 Å². The molecule has 1 atom stereocenters. The Morgan fingerprint density at radius 2 is 2.10 bits per heavy atom. The summed E-state index contributed by atoms with van der Waals surface area (Å²) in [6, 6.07) is 5.33. The molecular formula is C16H20N2O3. The fourth-order valence-electron chi connectivity index (χ4n) is 3.87. The lowest BCUT2D eigenvalue weighted by molar-refractivity contribution is -0.0420. The first-order chi connectivity index (χ1) is 10.2. The van der Waals surface area contributed by atoms with Crippen molar-refractivity contribution in [1.29, 1.82) is 0 Å². The van der Waals surface area contributed by atoms with Crippen molar-refractivity contribution in [2.75, 3.05) is 5.73 Å². The molecule has 0 bridgehead atoms. The van der Waals surface area contributed by atoms with E-state index in [1.165, 1.54) is 25.7 Å². The normalized spacial score (nSPS) is 24.3. The van der Waals surface area contributed by atoms with Crippen molar-refractivity contribution < 1.29 is 9.15 Å². The lowest BCUT2D eigenvalue weighted by Gasteiger charge is -2.23. The van der Waals surface area contributed by atoms with Gasteiger partial charge < -0.3 is 14.9 Å². The predicted molar refractivity (Wildman–Crippen MR) is 80.2 cm³/mol. The van der Waals surface area contributed by atoms with Crippen molar-refractivity contribution in [3.05, 3.63) is 28.7 Å². The van der Waals surface area contributed by atoms with Crippen molar-refractivity contribution in [3.63, 3.8) is 0 Å². The first-order valence-electron chi connectivity index (χ1n) is 7.72. The molecule has 0 amide bonds. The van der Waals surface area contributed by atoms with Crippen LogP contribution in [0.5, 0.6) is 0 Å². The number of fused-ring (bicyclic) bond motifs is 1. The molecule has 21 heavy (non-hydrogen) atoms. The predicted octanol–water partition coefficient (Wildman–Crippen LogP) is 2.67. The van der Waals surface area contributed by atoms with Crippen molar-refractivity contribution in [1.82, 2.24) is 4.57 Å². The molecule has 112 valence electrons. The average molecular weight is 288 g/mol. The van der Waals surface area contributed by atoms with Gasteiger partial charge in [0.25, 0.3) is 0 Å². The van der Waals surface area contributed by atoms with E-state index in [2.05, 4.69) is 0 Å². The summed E-state index contributed by atoms with van der Waals surface area (Å²) in [5.74, 6) is -0.327. The zero-order chi connectivity index (χ0) is 14.4. The van der Waals surface area contributed by atoms with Crippen LogP contribution in [0.25, 0.3) is 11.1 Å². The molecular weight excluding hydrogens is 268 g/mol. The van der Waals surface area contributed by atoms with E-state index in [1.54, 1.807) is 16.7 Å². The smallest absolute Gasteiger partial charge is 0.408 e. The van der Waals surface area contributed by atoms with Gasteiger partial charge in [0.1, 0.15) is 0 Å². The number of hydrogen-bond donors (Lipinski definition) is 1. The highest BCUT2D eigenvalue weighted by Crippen LogP contribution is 2.43. The Kier molecular flexibility index (Phi) is 2.85. The molecule has 4 rings (SSSR count). The Hall–Kier alpha value is -1.75. The summed E-state index contributed by atoms with van der Waals surface area (Å²) in [6.45, 7) is 0.567. The summed E-state index contributed by atoms with van der Waals surface area (Å²) >= 11 is 0. The Morgan fingerprint density at radius 1 is 1.29 bits per heavy atom. The first-order valence-corrected chi connectivity index (χ1v) is 7.72. The standard InChI is InChI=1S/C16H20N2O3/c17-11-3-4-13-14(9-11)20-15(19)18(13)10-12-5-8-16(21-12)6-1-2-7-16/h3-4,9,12H,1-2,5-8,10,17H2. The van der Waals surface area contributed by atoms with Crippen LogP contribution in [-0.4, -0.2) is 16.3 Å². The number of oxazole rings is 1. The highest BCUT2D eigenvalue weighted by molar-refractivity contribution is 5.76. The van der Waals surface area contributed by atoms with Gasteiger partial charge in [0.15, 0.2) is 5.58 Å². The minimum absolute atomic E-state index is 0.0955. The molecule has 2 heterocycles. The number of nitrogens with zero attached hydrogens (tertiary/aromatic N) is 1. The third-order valence-electron chi connectivity index (χ3n) is 4.93. The first kappa shape index (κ1) is 13.0. The van der Waals surface area contributed by atoms with Gasteiger partial charge in [0.05, 0.1) is 23.8 Å². The second kappa shape index (κ2) is 4.63. The SMILES string of the molecule is Nc1ccc2c(c1)oc(=O)n2CC1CCC2(CCCC2)O1. The van der Waals surface area contributed by atoms with Crippen LogP contribution in [-0.2, 0) is 11.3 Å². The lowest BCUT2D eigenvalue weighted by Crippen LogP contribution is -2.28. The van der Waals surface area contributed by atoms with Gasteiger partial charge >= 0.3 is 5.76 Å². The maximum absolute atomic E-state index is 12.1. The summed E-state index contributed by atoms with van der Waals surface area (Å²) in [7, 11) is 0. The molecule has 5 heteroatoms. The molecule has 2 fully saturated rings. The van der Waals surface area contributed by atoms with Gasteiger partial charge in [-0.3, -0.25) is 4.57 Å². The Morgan fingerprint density at radius 3 is 2.90 bits per heavy atom. The molecule has 1 spiro atoms. The van der Waals surface area contributed by atoms with Crippen molar-refractivity contribution in [3.8, 4) is 0 Å². The quantitative estimate of drug-likeness (QED) is 0.862. The number of benzene rings is 1. The number of nitrogen functional groups attached to an aromatic ring is 1. The highest BCUT2D eigenvalue weighted by Gasteiger charge is 2.42. The van der Waals surface area contributed by atoms with E-state index in [9.17, 15) is 4.79 Å². The van der Waals surface area contributed by atoms with E-state index in [0.717, 1.165) is 18.4 Å². The van der Waals surface area contributed by atoms with Crippen molar-refractivity contribution >= 4 is 16.8 Å². The van der Waals surface area contributed by atoms with Crippen molar-refractivity contribution in [2.45, 2.75) is 56.8 Å². The van der Waals surface area contributed by atoms with Crippen LogP contribution in [0.4, 0.5) is 5.69 Å². The minimum atomic E-state index is -0.327. The number of aromatic nitrogens is 1. The topological polar surface area (TPSA) is 70.4 Å². The van der Waals surface area contributed by atoms with Gasteiger partial charge in [-0.2, -0.15) is 0 Å².